The lowest BCUT2D eigenvalue weighted by molar-refractivity contribution is -0.117. The van der Waals surface area contributed by atoms with Gasteiger partial charge in [-0.1, -0.05) is 12.1 Å². The number of carbonyl (C=O) groups excluding carboxylic acids is 2. The zero-order valence-electron chi connectivity index (χ0n) is 14.1. The number of carbonyl (C=O) groups is 3. The number of methoxy groups -OCH3 is 1. The Morgan fingerprint density at radius 2 is 1.54 bits per heavy atom. The Kier molecular flexibility index (Phi) is 6.29. The molecule has 2 aromatic rings. The van der Waals surface area contributed by atoms with Crippen LogP contribution in [0.3, 0.4) is 0 Å². The van der Waals surface area contributed by atoms with E-state index in [1.54, 1.807) is 24.3 Å². The molecule has 0 aliphatic rings. The van der Waals surface area contributed by atoms with Crippen molar-refractivity contribution in [1.82, 2.24) is 0 Å². The van der Waals surface area contributed by atoms with Gasteiger partial charge in [0.2, 0.25) is 5.91 Å². The predicted molar refractivity (Wildman–Crippen MR) is 96.2 cm³/mol. The quantitative estimate of drug-likeness (QED) is 0.626. The van der Waals surface area contributed by atoms with Crippen molar-refractivity contribution in [2.24, 2.45) is 5.73 Å². The molecule has 5 N–H and O–H groups in total. The van der Waals surface area contributed by atoms with E-state index in [0.717, 1.165) is 5.56 Å². The van der Waals surface area contributed by atoms with E-state index in [0.29, 0.717) is 17.8 Å². The van der Waals surface area contributed by atoms with Crippen LogP contribution in [-0.4, -0.2) is 36.2 Å². The first-order chi connectivity index (χ1) is 12.4. The maximum atomic E-state index is 12.2. The summed E-state index contributed by atoms with van der Waals surface area (Å²) in [5, 5.41) is 14.0. The van der Waals surface area contributed by atoms with Crippen molar-refractivity contribution < 1.29 is 24.2 Å². The van der Waals surface area contributed by atoms with E-state index in [1.165, 1.54) is 31.4 Å². The maximum Gasteiger partial charge on any atom is 0.411 e. The van der Waals surface area contributed by atoms with Gasteiger partial charge in [0.15, 0.2) is 0 Å². The van der Waals surface area contributed by atoms with E-state index < -0.39 is 18.1 Å². The van der Waals surface area contributed by atoms with Gasteiger partial charge in [0, 0.05) is 11.4 Å². The fraction of sp³-hybridized carbons (Fsp3) is 0.167. The molecule has 2 amide bonds. The topological polar surface area (TPSA) is 131 Å². The molecule has 0 aliphatic carbocycles. The van der Waals surface area contributed by atoms with E-state index >= 15 is 0 Å². The Morgan fingerprint density at radius 3 is 2.08 bits per heavy atom. The molecule has 0 aliphatic heterocycles. The zero-order valence-corrected chi connectivity index (χ0v) is 14.1. The largest absolute Gasteiger partial charge is 0.478 e. The Balaban J connectivity index is 1.91. The first kappa shape index (κ1) is 18.9. The van der Waals surface area contributed by atoms with Crippen LogP contribution in [0.1, 0.15) is 15.9 Å². The third-order valence-electron chi connectivity index (χ3n) is 3.58. The number of nitrogens with two attached hydrogens (primary N) is 1. The van der Waals surface area contributed by atoms with E-state index in [9.17, 15) is 14.4 Å². The minimum atomic E-state index is -1.04. The van der Waals surface area contributed by atoms with Crippen LogP contribution < -0.4 is 16.4 Å². The van der Waals surface area contributed by atoms with Gasteiger partial charge in [-0.2, -0.15) is 0 Å². The molecule has 0 saturated heterocycles. The number of aromatic carboxylic acids is 1. The molecule has 2 rings (SSSR count). The number of nitrogens with one attached hydrogen (secondary N) is 2. The van der Waals surface area contributed by atoms with Gasteiger partial charge in [-0.15, -0.1) is 0 Å². The van der Waals surface area contributed by atoms with Gasteiger partial charge in [0.05, 0.1) is 18.7 Å². The molecule has 136 valence electrons. The summed E-state index contributed by atoms with van der Waals surface area (Å²) >= 11 is 0. The van der Waals surface area contributed by atoms with Crippen LogP contribution >= 0.6 is 0 Å². The number of carboxylic acid groups (broad SMARTS) is 1. The molecule has 8 nitrogen and oxygen atoms in total. The molecule has 0 bridgehead atoms. The van der Waals surface area contributed by atoms with Crippen LogP contribution in [0.4, 0.5) is 16.2 Å². The van der Waals surface area contributed by atoms with E-state index in [1.807, 2.05) is 0 Å². The van der Waals surface area contributed by atoms with Gasteiger partial charge in [0.25, 0.3) is 0 Å². The average molecular weight is 357 g/mol. The normalized spacial score (nSPS) is 11.3. The highest BCUT2D eigenvalue weighted by atomic mass is 16.5. The number of anilines is 2. The molecular formula is C18H19N3O5. The number of ether oxygens (including phenoxy) is 1. The van der Waals surface area contributed by atoms with Gasteiger partial charge < -0.3 is 20.9 Å². The fourth-order valence-electron chi connectivity index (χ4n) is 2.17. The van der Waals surface area contributed by atoms with Crippen molar-refractivity contribution in [1.29, 1.82) is 0 Å². The Bertz CT molecular complexity index is 787. The molecule has 2 aromatic carbocycles. The molecule has 1 atom stereocenters. The van der Waals surface area contributed by atoms with Gasteiger partial charge in [-0.25, -0.2) is 9.59 Å². The van der Waals surface area contributed by atoms with E-state index in [-0.39, 0.29) is 11.5 Å². The summed E-state index contributed by atoms with van der Waals surface area (Å²) < 4.78 is 4.50. The summed E-state index contributed by atoms with van der Waals surface area (Å²) in [5.74, 6) is -1.42. The van der Waals surface area contributed by atoms with Crippen molar-refractivity contribution in [2.75, 3.05) is 17.7 Å². The number of hydrogen-bond donors (Lipinski definition) is 4. The molecule has 8 heteroatoms. The third-order valence-corrected chi connectivity index (χ3v) is 3.58. The first-order valence-electron chi connectivity index (χ1n) is 7.72. The molecular weight excluding hydrogens is 338 g/mol. The van der Waals surface area contributed by atoms with Gasteiger partial charge in [-0.3, -0.25) is 10.1 Å². The minimum Gasteiger partial charge on any atom is -0.478 e. The van der Waals surface area contributed by atoms with Gasteiger partial charge >= 0.3 is 12.1 Å². The van der Waals surface area contributed by atoms with Gasteiger partial charge in [-0.05, 0) is 48.4 Å². The first-order valence-corrected chi connectivity index (χ1v) is 7.72. The summed E-state index contributed by atoms with van der Waals surface area (Å²) in [6.07, 6.45) is -0.264. The van der Waals surface area contributed by atoms with E-state index in [2.05, 4.69) is 15.4 Å². The smallest absolute Gasteiger partial charge is 0.411 e. The van der Waals surface area contributed by atoms with Crippen LogP contribution in [0.25, 0.3) is 0 Å². The lowest BCUT2D eigenvalue weighted by atomic mass is 10.1. The number of amides is 2. The number of hydrogen-bond acceptors (Lipinski definition) is 5. The zero-order chi connectivity index (χ0) is 19.1. The van der Waals surface area contributed by atoms with Crippen LogP contribution in [0.2, 0.25) is 0 Å². The average Bonchev–Trinajstić information content (AvgIpc) is 2.63. The molecule has 0 unspecified atom stereocenters. The summed E-state index contributed by atoms with van der Waals surface area (Å²) in [7, 11) is 1.27. The SMILES string of the molecule is COC(=O)Nc1ccc(C[C@H](N)C(=O)Nc2ccc(C(=O)O)cc2)cc1. The lowest BCUT2D eigenvalue weighted by Gasteiger charge is -2.13. The lowest BCUT2D eigenvalue weighted by Crippen LogP contribution is -2.37. The summed E-state index contributed by atoms with van der Waals surface area (Å²) in [4.78, 5) is 34.1. The highest BCUT2D eigenvalue weighted by molar-refractivity contribution is 5.95. The standard InChI is InChI=1S/C18H19N3O5/c1-26-18(25)21-14-6-2-11(3-7-14)10-15(19)16(22)20-13-8-4-12(5-9-13)17(23)24/h2-9,15H,10,19H2,1H3,(H,20,22)(H,21,25)(H,23,24)/t15-/m0/s1. The van der Waals surface area contributed by atoms with Crippen LogP contribution in [0, 0.1) is 0 Å². The molecule has 0 fully saturated rings. The molecule has 0 heterocycles. The summed E-state index contributed by atoms with van der Waals surface area (Å²) in [6, 6.07) is 11.9. The van der Waals surface area contributed by atoms with Crippen LogP contribution in [-0.2, 0) is 16.0 Å². The second kappa shape index (κ2) is 8.63. The monoisotopic (exact) mass is 357 g/mol. The Labute approximate surface area is 150 Å². The fourth-order valence-corrected chi connectivity index (χ4v) is 2.17. The minimum absolute atomic E-state index is 0.132. The highest BCUT2D eigenvalue weighted by Crippen LogP contribution is 2.13. The summed E-state index contributed by atoms with van der Waals surface area (Å²) in [5.41, 5.74) is 7.91. The van der Waals surface area contributed by atoms with Crippen molar-refractivity contribution in [2.45, 2.75) is 12.5 Å². The predicted octanol–water partition coefficient (Wildman–Crippen LogP) is 2.07. The number of carboxylic acids is 1. The van der Waals surface area contributed by atoms with Gasteiger partial charge in [0.1, 0.15) is 0 Å². The molecule has 0 saturated carbocycles. The number of rotatable bonds is 6. The highest BCUT2D eigenvalue weighted by Gasteiger charge is 2.15. The van der Waals surface area contributed by atoms with Crippen LogP contribution in [0.15, 0.2) is 48.5 Å². The van der Waals surface area contributed by atoms with E-state index in [4.69, 9.17) is 10.8 Å². The second-order valence-corrected chi connectivity index (χ2v) is 5.50. The molecule has 26 heavy (non-hydrogen) atoms. The maximum absolute atomic E-state index is 12.2. The van der Waals surface area contributed by atoms with Crippen LogP contribution in [0.5, 0.6) is 0 Å². The molecule has 0 radical (unpaired) electrons. The third kappa shape index (κ3) is 5.32. The second-order valence-electron chi connectivity index (χ2n) is 5.50. The van der Waals surface area contributed by atoms with Crippen molar-refractivity contribution in [3.63, 3.8) is 0 Å². The van der Waals surface area contributed by atoms with Crippen molar-refractivity contribution in [3.8, 4) is 0 Å². The molecule has 0 aromatic heterocycles. The Morgan fingerprint density at radius 1 is 1.00 bits per heavy atom. The Hall–Kier alpha value is -3.39. The molecule has 0 spiro atoms. The summed E-state index contributed by atoms with van der Waals surface area (Å²) in [6.45, 7) is 0. The number of benzene rings is 2. The van der Waals surface area contributed by atoms with Crippen molar-refractivity contribution >= 4 is 29.3 Å². The van der Waals surface area contributed by atoms with Crippen molar-refractivity contribution in [3.05, 3.63) is 59.7 Å².